The maximum atomic E-state index is 5.46. The lowest BCUT2D eigenvalue weighted by molar-refractivity contribution is 0.381. The Morgan fingerprint density at radius 2 is 0.833 bits per heavy atom. The minimum absolute atomic E-state index is 0.879. The summed E-state index contributed by atoms with van der Waals surface area (Å²) in [5.74, 6) is 3.52. The first kappa shape index (κ1) is 18.0. The summed E-state index contributed by atoms with van der Waals surface area (Å²) in [5, 5.41) is 0. The van der Waals surface area contributed by atoms with Crippen molar-refractivity contribution in [2.24, 2.45) is 0 Å². The quantitative estimate of drug-likeness (QED) is 0.643. The molecule has 0 radical (unpaired) electrons. The molecule has 0 amide bonds. The summed E-state index contributed by atoms with van der Waals surface area (Å²) in [7, 11) is 6.77. The third-order valence-electron chi connectivity index (χ3n) is 4.16. The van der Waals surface area contributed by atoms with Crippen molar-refractivity contribution < 1.29 is 18.9 Å². The summed E-state index contributed by atoms with van der Waals surface area (Å²) in [4.78, 5) is 0. The van der Waals surface area contributed by atoms with Crippen molar-refractivity contribution >= 4 is 0 Å². The molecule has 4 heteroatoms. The Hall–Kier alpha value is -2.36. The summed E-state index contributed by atoms with van der Waals surface area (Å²) >= 11 is 0. The maximum Gasteiger partial charge on any atom is 0.125 e. The fraction of sp³-hybridized carbons (Fsp3) is 0.400. The first-order chi connectivity index (χ1) is 11.7. The number of hydrogen-bond acceptors (Lipinski definition) is 4. The Balaban J connectivity index is 2.02. The van der Waals surface area contributed by atoms with Gasteiger partial charge >= 0.3 is 0 Å². The molecule has 0 fully saturated rings. The lowest BCUT2D eigenvalue weighted by Crippen LogP contribution is -1.99. The van der Waals surface area contributed by atoms with Crippen LogP contribution in [0.3, 0.4) is 0 Å². The second-order valence-electron chi connectivity index (χ2n) is 5.49. The van der Waals surface area contributed by atoms with Gasteiger partial charge in [-0.3, -0.25) is 0 Å². The van der Waals surface area contributed by atoms with Gasteiger partial charge in [0.2, 0.25) is 0 Å². The Bertz CT molecular complexity index is 550. The molecule has 0 aliphatic rings. The standard InChI is InChI=1S/C20H26O4/c1-21-17-11-7-12-18(22-2)15(17)9-5-6-10-16-19(23-3)13-8-14-20(16)24-4/h7-8,11-14H,5-6,9-10H2,1-4H3. The van der Waals surface area contributed by atoms with Gasteiger partial charge in [-0.1, -0.05) is 12.1 Å². The van der Waals surface area contributed by atoms with Crippen molar-refractivity contribution in [3.63, 3.8) is 0 Å². The molecular formula is C20H26O4. The normalized spacial score (nSPS) is 10.3. The molecule has 0 aliphatic carbocycles. The minimum Gasteiger partial charge on any atom is -0.496 e. The Kier molecular flexibility index (Phi) is 6.79. The Morgan fingerprint density at radius 3 is 1.08 bits per heavy atom. The largest absolute Gasteiger partial charge is 0.496 e. The van der Waals surface area contributed by atoms with Gasteiger partial charge in [0.1, 0.15) is 23.0 Å². The van der Waals surface area contributed by atoms with E-state index >= 15 is 0 Å². The molecule has 0 heterocycles. The van der Waals surface area contributed by atoms with Crippen LogP contribution < -0.4 is 18.9 Å². The van der Waals surface area contributed by atoms with E-state index in [-0.39, 0.29) is 0 Å². The van der Waals surface area contributed by atoms with Gasteiger partial charge in [0.25, 0.3) is 0 Å². The van der Waals surface area contributed by atoms with Gasteiger partial charge in [-0.2, -0.15) is 0 Å². The molecule has 0 aromatic heterocycles. The molecule has 2 aromatic rings. The van der Waals surface area contributed by atoms with Crippen LogP contribution in [0.1, 0.15) is 24.0 Å². The molecule has 0 atom stereocenters. The van der Waals surface area contributed by atoms with Crippen LogP contribution in [0.5, 0.6) is 23.0 Å². The number of unbranched alkanes of at least 4 members (excludes halogenated alkanes) is 1. The third kappa shape index (κ3) is 4.13. The predicted molar refractivity (Wildman–Crippen MR) is 95.7 cm³/mol. The van der Waals surface area contributed by atoms with Crippen LogP contribution in [0.2, 0.25) is 0 Å². The second kappa shape index (κ2) is 9.06. The summed E-state index contributed by atoms with van der Waals surface area (Å²) in [6.45, 7) is 0. The SMILES string of the molecule is COc1cccc(OC)c1CCCCc1c(OC)cccc1OC. The smallest absolute Gasteiger partial charge is 0.125 e. The highest BCUT2D eigenvalue weighted by Gasteiger charge is 2.12. The monoisotopic (exact) mass is 330 g/mol. The topological polar surface area (TPSA) is 36.9 Å². The summed E-state index contributed by atoms with van der Waals surface area (Å²) in [6, 6.07) is 11.8. The van der Waals surface area contributed by atoms with E-state index in [1.807, 2.05) is 36.4 Å². The van der Waals surface area contributed by atoms with Crippen LogP contribution in [0.15, 0.2) is 36.4 Å². The van der Waals surface area contributed by atoms with Gasteiger partial charge in [0.05, 0.1) is 28.4 Å². The molecule has 4 nitrogen and oxygen atoms in total. The summed E-state index contributed by atoms with van der Waals surface area (Å²) in [6.07, 6.45) is 3.87. The number of rotatable bonds is 9. The number of benzene rings is 2. The van der Waals surface area contributed by atoms with E-state index in [0.29, 0.717) is 0 Å². The third-order valence-corrected chi connectivity index (χ3v) is 4.16. The molecule has 0 bridgehead atoms. The molecule has 2 aromatic carbocycles. The highest BCUT2D eigenvalue weighted by molar-refractivity contribution is 5.46. The number of ether oxygens (including phenoxy) is 4. The lowest BCUT2D eigenvalue weighted by Gasteiger charge is -2.14. The second-order valence-corrected chi connectivity index (χ2v) is 5.49. The van der Waals surface area contributed by atoms with E-state index in [1.54, 1.807) is 28.4 Å². The van der Waals surface area contributed by atoms with E-state index < -0.39 is 0 Å². The Morgan fingerprint density at radius 1 is 0.542 bits per heavy atom. The van der Waals surface area contributed by atoms with Crippen molar-refractivity contribution in [3.8, 4) is 23.0 Å². The lowest BCUT2D eigenvalue weighted by atomic mass is 10.0. The van der Waals surface area contributed by atoms with Crippen LogP contribution in [-0.2, 0) is 12.8 Å². The first-order valence-corrected chi connectivity index (χ1v) is 8.14. The fourth-order valence-electron chi connectivity index (χ4n) is 2.95. The molecule has 130 valence electrons. The van der Waals surface area contributed by atoms with E-state index in [4.69, 9.17) is 18.9 Å². The van der Waals surface area contributed by atoms with Crippen LogP contribution in [0, 0.1) is 0 Å². The van der Waals surface area contributed by atoms with Crippen LogP contribution >= 0.6 is 0 Å². The zero-order chi connectivity index (χ0) is 17.4. The zero-order valence-corrected chi connectivity index (χ0v) is 14.9. The molecule has 24 heavy (non-hydrogen) atoms. The first-order valence-electron chi connectivity index (χ1n) is 8.14. The highest BCUT2D eigenvalue weighted by atomic mass is 16.5. The van der Waals surface area contributed by atoms with Gasteiger partial charge in [-0.25, -0.2) is 0 Å². The average Bonchev–Trinajstić information content (AvgIpc) is 2.64. The molecule has 0 unspecified atom stereocenters. The molecule has 0 spiro atoms. The molecule has 0 saturated carbocycles. The highest BCUT2D eigenvalue weighted by Crippen LogP contribution is 2.32. The van der Waals surface area contributed by atoms with Crippen LogP contribution in [-0.4, -0.2) is 28.4 Å². The minimum atomic E-state index is 0.879. The number of methoxy groups -OCH3 is 4. The molecule has 0 aliphatic heterocycles. The predicted octanol–water partition coefficient (Wildman–Crippen LogP) is 4.29. The van der Waals surface area contributed by atoms with Gasteiger partial charge in [0.15, 0.2) is 0 Å². The number of hydrogen-bond donors (Lipinski definition) is 0. The van der Waals surface area contributed by atoms with Gasteiger partial charge in [-0.05, 0) is 49.9 Å². The molecular weight excluding hydrogens is 304 g/mol. The summed E-state index contributed by atoms with van der Waals surface area (Å²) in [5.41, 5.74) is 2.24. The average molecular weight is 330 g/mol. The zero-order valence-electron chi connectivity index (χ0n) is 14.9. The van der Waals surface area contributed by atoms with E-state index in [1.165, 1.54) is 0 Å². The molecule has 0 saturated heterocycles. The van der Waals surface area contributed by atoms with Crippen LogP contribution in [0.4, 0.5) is 0 Å². The van der Waals surface area contributed by atoms with E-state index in [9.17, 15) is 0 Å². The maximum absolute atomic E-state index is 5.46. The molecule has 0 N–H and O–H groups in total. The van der Waals surface area contributed by atoms with E-state index in [0.717, 1.165) is 59.8 Å². The van der Waals surface area contributed by atoms with Gasteiger partial charge in [0, 0.05) is 11.1 Å². The Labute approximate surface area is 144 Å². The van der Waals surface area contributed by atoms with Crippen molar-refractivity contribution in [2.75, 3.05) is 28.4 Å². The summed E-state index contributed by atoms with van der Waals surface area (Å²) < 4.78 is 21.8. The van der Waals surface area contributed by atoms with E-state index in [2.05, 4.69) is 0 Å². The molecule has 2 rings (SSSR count). The fourth-order valence-corrected chi connectivity index (χ4v) is 2.95. The van der Waals surface area contributed by atoms with Crippen molar-refractivity contribution in [1.82, 2.24) is 0 Å². The van der Waals surface area contributed by atoms with Crippen LogP contribution in [0.25, 0.3) is 0 Å². The van der Waals surface area contributed by atoms with Crippen molar-refractivity contribution in [3.05, 3.63) is 47.5 Å². The van der Waals surface area contributed by atoms with Crippen molar-refractivity contribution in [2.45, 2.75) is 25.7 Å². The van der Waals surface area contributed by atoms with Crippen molar-refractivity contribution in [1.29, 1.82) is 0 Å². The van der Waals surface area contributed by atoms with Gasteiger partial charge in [-0.15, -0.1) is 0 Å². The van der Waals surface area contributed by atoms with Gasteiger partial charge < -0.3 is 18.9 Å².